The lowest BCUT2D eigenvalue weighted by Gasteiger charge is -2.06. The highest BCUT2D eigenvalue weighted by Gasteiger charge is 2.14. The quantitative estimate of drug-likeness (QED) is 0.897. The van der Waals surface area contributed by atoms with Crippen LogP contribution >= 0.6 is 15.9 Å². The van der Waals surface area contributed by atoms with Crippen LogP contribution in [0.25, 0.3) is 0 Å². The van der Waals surface area contributed by atoms with Crippen molar-refractivity contribution in [2.75, 3.05) is 5.32 Å². The smallest absolute Gasteiger partial charge is 0.311 e. The third kappa shape index (κ3) is 3.48. The Morgan fingerprint density at radius 1 is 1.30 bits per heavy atom. The summed E-state index contributed by atoms with van der Waals surface area (Å²) in [6, 6.07) is 8.47. The summed E-state index contributed by atoms with van der Waals surface area (Å²) in [6.45, 7) is 1.95. The van der Waals surface area contributed by atoms with Crippen molar-refractivity contribution >= 4 is 33.5 Å². The number of amides is 1. The monoisotopic (exact) mass is 337 g/mol. The van der Waals surface area contributed by atoms with Gasteiger partial charge in [-0.3, -0.25) is 9.59 Å². The summed E-state index contributed by atoms with van der Waals surface area (Å²) >= 11 is 3.36. The van der Waals surface area contributed by atoms with E-state index in [1.807, 2.05) is 19.1 Å². The van der Waals surface area contributed by atoms with Crippen LogP contribution in [0.15, 0.2) is 39.2 Å². The van der Waals surface area contributed by atoms with Crippen LogP contribution in [0.3, 0.4) is 0 Å². The minimum atomic E-state index is -1.01. The van der Waals surface area contributed by atoms with E-state index in [1.54, 1.807) is 6.07 Å². The molecule has 2 N–H and O–H groups in total. The minimum Gasteiger partial charge on any atom is -0.481 e. The fourth-order valence-electron chi connectivity index (χ4n) is 1.65. The van der Waals surface area contributed by atoms with E-state index >= 15 is 0 Å². The number of carbonyl (C=O) groups is 2. The Balaban J connectivity index is 2.11. The Bertz CT molecular complexity index is 663. The molecule has 1 heterocycles. The lowest BCUT2D eigenvalue weighted by molar-refractivity contribution is -0.136. The van der Waals surface area contributed by atoms with Gasteiger partial charge in [-0.05, 0) is 52.7 Å². The van der Waals surface area contributed by atoms with E-state index in [9.17, 15) is 9.59 Å². The number of aliphatic carboxylic acids is 1. The van der Waals surface area contributed by atoms with Gasteiger partial charge < -0.3 is 14.8 Å². The molecule has 0 fully saturated rings. The van der Waals surface area contributed by atoms with Crippen molar-refractivity contribution in [2.24, 2.45) is 0 Å². The van der Waals surface area contributed by atoms with Crippen molar-refractivity contribution in [1.82, 2.24) is 0 Å². The number of anilines is 1. The summed E-state index contributed by atoms with van der Waals surface area (Å²) in [5, 5.41) is 11.3. The number of nitrogens with one attached hydrogen (secondary N) is 1. The SMILES string of the molecule is Cc1ccc(NC(=O)c2ccc(CC(=O)O)o2)c(Br)c1. The predicted octanol–water partition coefficient (Wildman–Crippen LogP) is 3.23. The first-order valence-corrected chi connectivity index (χ1v) is 6.63. The number of carboxylic acids is 1. The van der Waals surface area contributed by atoms with E-state index in [1.165, 1.54) is 12.1 Å². The third-order valence-electron chi connectivity index (χ3n) is 2.58. The zero-order valence-electron chi connectivity index (χ0n) is 10.6. The van der Waals surface area contributed by atoms with Crippen LogP contribution in [0.1, 0.15) is 21.9 Å². The number of hydrogen-bond acceptors (Lipinski definition) is 3. The molecule has 0 aliphatic heterocycles. The van der Waals surface area contributed by atoms with Gasteiger partial charge in [0.1, 0.15) is 12.2 Å². The first-order chi connectivity index (χ1) is 9.45. The van der Waals surface area contributed by atoms with Crippen molar-refractivity contribution in [3.8, 4) is 0 Å². The molecular weight excluding hydrogens is 326 g/mol. The number of aryl methyl sites for hydroxylation is 1. The number of halogens is 1. The second-order valence-electron chi connectivity index (χ2n) is 4.27. The number of rotatable bonds is 4. The molecular formula is C14H12BrNO4. The molecule has 0 saturated carbocycles. The van der Waals surface area contributed by atoms with Crippen molar-refractivity contribution in [3.63, 3.8) is 0 Å². The fraction of sp³-hybridized carbons (Fsp3) is 0.143. The van der Waals surface area contributed by atoms with Crippen molar-refractivity contribution in [3.05, 3.63) is 51.9 Å². The molecule has 0 aliphatic carbocycles. The molecule has 1 aromatic carbocycles. The molecule has 2 aromatic rings. The van der Waals surface area contributed by atoms with Gasteiger partial charge in [0.05, 0.1) is 5.69 Å². The van der Waals surface area contributed by atoms with Crippen molar-refractivity contribution in [1.29, 1.82) is 0 Å². The largest absolute Gasteiger partial charge is 0.481 e. The molecule has 0 atom stereocenters. The van der Waals surface area contributed by atoms with Gasteiger partial charge in [-0.15, -0.1) is 0 Å². The van der Waals surface area contributed by atoms with Crippen molar-refractivity contribution in [2.45, 2.75) is 13.3 Å². The van der Waals surface area contributed by atoms with Crippen LogP contribution < -0.4 is 5.32 Å². The maximum atomic E-state index is 12.0. The molecule has 104 valence electrons. The first kappa shape index (κ1) is 14.3. The molecule has 2 rings (SSSR count). The maximum absolute atomic E-state index is 12.0. The van der Waals surface area contributed by atoms with Gasteiger partial charge in [-0.2, -0.15) is 0 Å². The lowest BCUT2D eigenvalue weighted by atomic mass is 10.2. The molecule has 0 aliphatic rings. The average molecular weight is 338 g/mol. The summed E-state index contributed by atoms with van der Waals surface area (Å²) in [6.07, 6.45) is -0.249. The minimum absolute atomic E-state index is 0.0775. The molecule has 1 aromatic heterocycles. The number of furan rings is 1. The van der Waals surface area contributed by atoms with E-state index in [0.717, 1.165) is 10.0 Å². The molecule has 0 unspecified atom stereocenters. The highest BCUT2D eigenvalue weighted by Crippen LogP contribution is 2.24. The number of carbonyl (C=O) groups excluding carboxylic acids is 1. The summed E-state index contributed by atoms with van der Waals surface area (Å²) in [5.41, 5.74) is 1.69. The fourth-order valence-corrected chi connectivity index (χ4v) is 2.24. The van der Waals surface area contributed by atoms with Gasteiger partial charge in [-0.1, -0.05) is 6.07 Å². The van der Waals surface area contributed by atoms with Gasteiger partial charge in [-0.25, -0.2) is 0 Å². The van der Waals surface area contributed by atoms with Gasteiger partial charge >= 0.3 is 5.97 Å². The summed E-state index contributed by atoms with van der Waals surface area (Å²) < 4.78 is 5.95. The Hall–Kier alpha value is -2.08. The number of hydrogen-bond donors (Lipinski definition) is 2. The van der Waals surface area contributed by atoms with Gasteiger partial charge in [0.15, 0.2) is 5.76 Å². The zero-order chi connectivity index (χ0) is 14.7. The van der Waals surface area contributed by atoms with Crippen LogP contribution in [-0.4, -0.2) is 17.0 Å². The molecule has 0 saturated heterocycles. The third-order valence-corrected chi connectivity index (χ3v) is 3.24. The predicted molar refractivity (Wildman–Crippen MR) is 76.9 cm³/mol. The molecule has 0 spiro atoms. The molecule has 20 heavy (non-hydrogen) atoms. The van der Waals surface area contributed by atoms with E-state index in [4.69, 9.17) is 9.52 Å². The van der Waals surface area contributed by atoms with Gasteiger partial charge in [0.2, 0.25) is 0 Å². The van der Waals surface area contributed by atoms with Gasteiger partial charge in [0, 0.05) is 4.47 Å². The summed E-state index contributed by atoms with van der Waals surface area (Å²) in [7, 11) is 0. The van der Waals surface area contributed by atoms with Crippen LogP contribution in [0.2, 0.25) is 0 Å². The Morgan fingerprint density at radius 2 is 2.05 bits per heavy atom. The van der Waals surface area contributed by atoms with Crippen LogP contribution in [-0.2, 0) is 11.2 Å². The summed E-state index contributed by atoms with van der Waals surface area (Å²) in [5.74, 6) is -1.11. The summed E-state index contributed by atoms with van der Waals surface area (Å²) in [4.78, 5) is 22.5. The second kappa shape index (κ2) is 5.92. The van der Waals surface area contributed by atoms with E-state index in [2.05, 4.69) is 21.2 Å². The van der Waals surface area contributed by atoms with E-state index in [0.29, 0.717) is 5.69 Å². The highest BCUT2D eigenvalue weighted by molar-refractivity contribution is 9.10. The van der Waals surface area contributed by atoms with Gasteiger partial charge in [0.25, 0.3) is 5.91 Å². The Morgan fingerprint density at radius 3 is 2.70 bits per heavy atom. The lowest BCUT2D eigenvalue weighted by Crippen LogP contribution is -2.11. The molecule has 1 amide bonds. The Kier molecular flexibility index (Phi) is 4.24. The molecule has 0 radical (unpaired) electrons. The molecule has 5 nitrogen and oxygen atoms in total. The first-order valence-electron chi connectivity index (χ1n) is 5.83. The number of benzene rings is 1. The van der Waals surface area contributed by atoms with E-state index < -0.39 is 11.9 Å². The maximum Gasteiger partial charge on any atom is 0.311 e. The number of carboxylic acid groups (broad SMARTS) is 1. The highest BCUT2D eigenvalue weighted by atomic mass is 79.9. The van der Waals surface area contributed by atoms with Crippen LogP contribution in [0, 0.1) is 6.92 Å². The molecule has 6 heteroatoms. The standard InChI is InChI=1S/C14H12BrNO4/c1-8-2-4-11(10(15)6-8)16-14(19)12-5-3-9(20-12)7-13(17)18/h2-6H,7H2,1H3,(H,16,19)(H,17,18). The van der Waals surface area contributed by atoms with Crippen molar-refractivity contribution < 1.29 is 19.1 Å². The topological polar surface area (TPSA) is 79.5 Å². The Labute approximate surface area is 123 Å². The van der Waals surface area contributed by atoms with E-state index in [-0.39, 0.29) is 17.9 Å². The zero-order valence-corrected chi connectivity index (χ0v) is 12.2. The molecule has 0 bridgehead atoms. The van der Waals surface area contributed by atoms with Crippen LogP contribution in [0.4, 0.5) is 5.69 Å². The normalized spacial score (nSPS) is 10.3. The second-order valence-corrected chi connectivity index (χ2v) is 5.13. The average Bonchev–Trinajstić information content (AvgIpc) is 2.80. The van der Waals surface area contributed by atoms with Crippen LogP contribution in [0.5, 0.6) is 0 Å².